The minimum atomic E-state index is 0.0777. The third-order valence-electron chi connectivity index (χ3n) is 5.81. The number of nitrogens with one attached hydrogen (secondary N) is 1. The molecule has 1 aliphatic heterocycles. The molecule has 1 amide bonds. The topological polar surface area (TPSA) is 60.0 Å². The molecule has 0 aromatic heterocycles. The highest BCUT2D eigenvalue weighted by atomic mass is 16.5. The van der Waals surface area contributed by atoms with Crippen molar-refractivity contribution >= 4 is 5.91 Å². The minimum absolute atomic E-state index is 0.0777. The summed E-state index contributed by atoms with van der Waals surface area (Å²) < 4.78 is 16.1. The van der Waals surface area contributed by atoms with Gasteiger partial charge < -0.3 is 19.5 Å². The van der Waals surface area contributed by atoms with E-state index in [1.807, 2.05) is 12.1 Å². The highest BCUT2D eigenvalue weighted by Crippen LogP contribution is 2.38. The number of piperidine rings is 1. The van der Waals surface area contributed by atoms with Gasteiger partial charge in [-0.05, 0) is 55.0 Å². The Bertz CT molecular complexity index is 816. The van der Waals surface area contributed by atoms with E-state index >= 15 is 0 Å². The molecule has 1 N–H and O–H groups in total. The smallest absolute Gasteiger partial charge is 0.220 e. The molecule has 168 valence electrons. The van der Waals surface area contributed by atoms with E-state index in [1.54, 1.807) is 21.3 Å². The van der Waals surface area contributed by atoms with E-state index in [0.717, 1.165) is 31.7 Å². The summed E-state index contributed by atoms with van der Waals surface area (Å²) in [6.07, 6.45) is 3.39. The van der Waals surface area contributed by atoms with Crippen LogP contribution in [0.2, 0.25) is 0 Å². The molecule has 6 heteroatoms. The quantitative estimate of drug-likeness (QED) is 0.628. The van der Waals surface area contributed by atoms with E-state index in [9.17, 15) is 4.79 Å². The van der Waals surface area contributed by atoms with Crippen LogP contribution in [-0.4, -0.2) is 51.8 Å². The van der Waals surface area contributed by atoms with Gasteiger partial charge in [0.2, 0.25) is 11.7 Å². The van der Waals surface area contributed by atoms with E-state index in [0.29, 0.717) is 36.0 Å². The molecule has 31 heavy (non-hydrogen) atoms. The molecule has 1 aliphatic rings. The van der Waals surface area contributed by atoms with Crippen LogP contribution < -0.4 is 19.5 Å². The molecule has 0 radical (unpaired) electrons. The van der Waals surface area contributed by atoms with E-state index in [2.05, 4.69) is 40.5 Å². The van der Waals surface area contributed by atoms with Gasteiger partial charge in [-0.3, -0.25) is 9.69 Å². The lowest BCUT2D eigenvalue weighted by atomic mass is 9.97. The molecule has 6 nitrogen and oxygen atoms in total. The predicted octanol–water partition coefficient (Wildman–Crippen LogP) is 3.67. The average Bonchev–Trinajstić information content (AvgIpc) is 2.81. The Kier molecular flexibility index (Phi) is 8.59. The summed E-state index contributed by atoms with van der Waals surface area (Å²) in [5.74, 6) is 2.36. The largest absolute Gasteiger partial charge is 0.493 e. The van der Waals surface area contributed by atoms with Crippen molar-refractivity contribution in [2.24, 2.45) is 5.92 Å². The summed E-state index contributed by atoms with van der Waals surface area (Å²) in [6, 6.07) is 14.4. The van der Waals surface area contributed by atoms with Crippen molar-refractivity contribution in [1.82, 2.24) is 10.2 Å². The van der Waals surface area contributed by atoms with Gasteiger partial charge >= 0.3 is 0 Å². The van der Waals surface area contributed by atoms with Crippen LogP contribution in [0.4, 0.5) is 0 Å². The maximum absolute atomic E-state index is 12.5. The lowest BCUT2D eigenvalue weighted by Crippen LogP contribution is -2.40. The molecular formula is C25H34N2O4. The number of methoxy groups -OCH3 is 3. The second-order valence-corrected chi connectivity index (χ2v) is 8.07. The van der Waals surface area contributed by atoms with Gasteiger partial charge in [0.1, 0.15) is 0 Å². The summed E-state index contributed by atoms with van der Waals surface area (Å²) in [5.41, 5.74) is 2.33. The van der Waals surface area contributed by atoms with Gasteiger partial charge in [0.05, 0.1) is 21.3 Å². The van der Waals surface area contributed by atoms with Crippen molar-refractivity contribution in [3.8, 4) is 17.2 Å². The number of amides is 1. The highest BCUT2D eigenvalue weighted by molar-refractivity contribution is 5.76. The summed E-state index contributed by atoms with van der Waals surface area (Å²) in [5, 5.41) is 3.13. The maximum Gasteiger partial charge on any atom is 0.220 e. The average molecular weight is 427 g/mol. The van der Waals surface area contributed by atoms with Gasteiger partial charge in [-0.1, -0.05) is 30.3 Å². The van der Waals surface area contributed by atoms with Crippen molar-refractivity contribution in [3.05, 3.63) is 53.6 Å². The molecule has 0 unspecified atom stereocenters. The van der Waals surface area contributed by atoms with Gasteiger partial charge in [-0.25, -0.2) is 0 Å². The number of carbonyl (C=O) groups excluding carboxylic acids is 1. The SMILES string of the molecule is COc1cc(CCC(=O)NC[C@H]2CCCN(Cc3ccccc3)C2)cc(OC)c1OC. The molecule has 0 saturated carbocycles. The molecule has 3 rings (SSSR count). The summed E-state index contributed by atoms with van der Waals surface area (Å²) >= 11 is 0. The number of ether oxygens (including phenoxy) is 3. The number of hydrogen-bond donors (Lipinski definition) is 1. The van der Waals surface area contributed by atoms with Crippen molar-refractivity contribution in [1.29, 1.82) is 0 Å². The van der Waals surface area contributed by atoms with Crippen LogP contribution in [-0.2, 0) is 17.8 Å². The molecular weight excluding hydrogens is 392 g/mol. The number of aryl methyl sites for hydroxylation is 1. The van der Waals surface area contributed by atoms with E-state index in [1.165, 1.54) is 18.4 Å². The number of likely N-dealkylation sites (tertiary alicyclic amines) is 1. The van der Waals surface area contributed by atoms with Gasteiger partial charge in [0.25, 0.3) is 0 Å². The van der Waals surface area contributed by atoms with Gasteiger partial charge in [-0.2, -0.15) is 0 Å². The van der Waals surface area contributed by atoms with Gasteiger partial charge in [0.15, 0.2) is 11.5 Å². The Morgan fingerprint density at radius 3 is 2.39 bits per heavy atom. The normalized spacial score (nSPS) is 16.5. The third kappa shape index (κ3) is 6.62. The van der Waals surface area contributed by atoms with Crippen LogP contribution in [0.15, 0.2) is 42.5 Å². The van der Waals surface area contributed by atoms with E-state index < -0.39 is 0 Å². The highest BCUT2D eigenvalue weighted by Gasteiger charge is 2.20. The van der Waals surface area contributed by atoms with Crippen LogP contribution >= 0.6 is 0 Å². The van der Waals surface area contributed by atoms with Gasteiger partial charge in [0, 0.05) is 26.1 Å². The second kappa shape index (κ2) is 11.6. The van der Waals surface area contributed by atoms with Crippen molar-refractivity contribution in [2.75, 3.05) is 41.0 Å². The zero-order valence-corrected chi connectivity index (χ0v) is 18.9. The van der Waals surface area contributed by atoms with E-state index in [4.69, 9.17) is 14.2 Å². The first-order valence-corrected chi connectivity index (χ1v) is 10.9. The molecule has 0 aliphatic carbocycles. The molecule has 1 saturated heterocycles. The zero-order chi connectivity index (χ0) is 22.1. The fraction of sp³-hybridized carbons (Fsp3) is 0.480. The van der Waals surface area contributed by atoms with Crippen molar-refractivity contribution in [3.63, 3.8) is 0 Å². The minimum Gasteiger partial charge on any atom is -0.493 e. The fourth-order valence-corrected chi connectivity index (χ4v) is 4.19. The third-order valence-corrected chi connectivity index (χ3v) is 5.81. The summed E-state index contributed by atoms with van der Waals surface area (Å²) in [6.45, 7) is 3.87. The van der Waals surface area contributed by atoms with Crippen LogP contribution in [0.3, 0.4) is 0 Å². The van der Waals surface area contributed by atoms with Crippen molar-refractivity contribution < 1.29 is 19.0 Å². The number of hydrogen-bond acceptors (Lipinski definition) is 5. The maximum atomic E-state index is 12.5. The second-order valence-electron chi connectivity index (χ2n) is 8.07. The Hall–Kier alpha value is -2.73. The Morgan fingerprint density at radius 2 is 1.74 bits per heavy atom. The molecule has 1 fully saturated rings. The standard InChI is InChI=1S/C25H34N2O4/c1-29-22-14-20(15-23(30-2)25(22)31-3)11-12-24(28)26-16-21-10-7-13-27(18-21)17-19-8-5-4-6-9-19/h4-6,8-9,14-15,21H,7,10-13,16-18H2,1-3H3,(H,26,28)/t21-/m1/s1. The van der Waals surface area contributed by atoms with Crippen LogP contribution in [0, 0.1) is 5.92 Å². The first-order valence-electron chi connectivity index (χ1n) is 10.9. The van der Waals surface area contributed by atoms with E-state index in [-0.39, 0.29) is 5.91 Å². The molecule has 1 atom stereocenters. The summed E-state index contributed by atoms with van der Waals surface area (Å²) in [4.78, 5) is 14.9. The van der Waals surface area contributed by atoms with Crippen LogP contribution in [0.1, 0.15) is 30.4 Å². The molecule has 1 heterocycles. The Balaban J connectivity index is 1.46. The number of benzene rings is 2. The first kappa shape index (κ1) is 22.9. The Morgan fingerprint density at radius 1 is 1.03 bits per heavy atom. The lowest BCUT2D eigenvalue weighted by Gasteiger charge is -2.32. The molecule has 2 aromatic carbocycles. The first-order chi connectivity index (χ1) is 15.1. The number of rotatable bonds is 10. The molecule has 0 spiro atoms. The monoisotopic (exact) mass is 426 g/mol. The van der Waals surface area contributed by atoms with Crippen LogP contribution in [0.25, 0.3) is 0 Å². The summed E-state index contributed by atoms with van der Waals surface area (Å²) in [7, 11) is 4.78. The number of nitrogens with zero attached hydrogens (tertiary/aromatic N) is 1. The zero-order valence-electron chi connectivity index (χ0n) is 18.9. The lowest BCUT2D eigenvalue weighted by molar-refractivity contribution is -0.121. The number of carbonyl (C=O) groups is 1. The van der Waals surface area contributed by atoms with Crippen molar-refractivity contribution in [2.45, 2.75) is 32.2 Å². The fourth-order valence-electron chi connectivity index (χ4n) is 4.19. The Labute approximate surface area is 185 Å². The molecule has 2 aromatic rings. The molecule has 0 bridgehead atoms. The van der Waals surface area contributed by atoms with Crippen LogP contribution in [0.5, 0.6) is 17.2 Å². The predicted molar refractivity (Wildman–Crippen MR) is 122 cm³/mol. The van der Waals surface area contributed by atoms with Gasteiger partial charge in [-0.15, -0.1) is 0 Å².